The van der Waals surface area contributed by atoms with Crippen LogP contribution in [-0.4, -0.2) is 31.7 Å². The third-order valence-corrected chi connectivity index (χ3v) is 7.32. The molecule has 0 unspecified atom stereocenters. The van der Waals surface area contributed by atoms with Crippen molar-refractivity contribution in [1.29, 1.82) is 0 Å². The maximum Gasteiger partial charge on any atom is 0.244 e. The van der Waals surface area contributed by atoms with Crippen LogP contribution in [0.4, 0.5) is 5.69 Å². The van der Waals surface area contributed by atoms with Crippen LogP contribution in [0.3, 0.4) is 0 Å². The van der Waals surface area contributed by atoms with Gasteiger partial charge in [0.2, 0.25) is 15.9 Å². The van der Waals surface area contributed by atoms with Crippen molar-refractivity contribution in [3.8, 4) is 0 Å². The van der Waals surface area contributed by atoms with Gasteiger partial charge in [0.25, 0.3) is 0 Å². The molecule has 1 aliphatic heterocycles. The van der Waals surface area contributed by atoms with Gasteiger partial charge in [-0.2, -0.15) is 4.31 Å². The molecule has 1 N–H and O–H groups in total. The van der Waals surface area contributed by atoms with Gasteiger partial charge in [-0.15, -0.1) is 0 Å². The highest BCUT2D eigenvalue weighted by atomic mass is 35.5. The van der Waals surface area contributed by atoms with Crippen LogP contribution >= 0.6 is 11.6 Å². The van der Waals surface area contributed by atoms with E-state index in [0.717, 1.165) is 18.4 Å². The molecule has 0 aliphatic carbocycles. The summed E-state index contributed by atoms with van der Waals surface area (Å²) < 4.78 is 27.1. The summed E-state index contributed by atoms with van der Waals surface area (Å²) in [6.45, 7) is 4.65. The maximum atomic E-state index is 12.8. The van der Waals surface area contributed by atoms with Crippen LogP contribution in [0.5, 0.6) is 0 Å². The van der Waals surface area contributed by atoms with Crippen molar-refractivity contribution in [2.45, 2.75) is 37.0 Å². The molecule has 144 valence electrons. The number of carbonyl (C=O) groups excluding carboxylic acids is 1. The quantitative estimate of drug-likeness (QED) is 0.814. The molecule has 7 heteroatoms. The normalized spacial score (nSPS) is 15.7. The molecule has 27 heavy (non-hydrogen) atoms. The minimum atomic E-state index is -3.67. The van der Waals surface area contributed by atoms with E-state index in [2.05, 4.69) is 5.32 Å². The number of nitrogens with zero attached hydrogens (tertiary/aromatic N) is 1. The van der Waals surface area contributed by atoms with Gasteiger partial charge in [0.05, 0.1) is 10.4 Å². The fourth-order valence-corrected chi connectivity index (χ4v) is 5.14. The molecular weight excluding hydrogens is 384 g/mol. The van der Waals surface area contributed by atoms with E-state index in [1.807, 2.05) is 44.2 Å². The molecule has 0 saturated carbocycles. The molecule has 1 saturated heterocycles. The summed E-state index contributed by atoms with van der Waals surface area (Å²) in [5, 5.41) is 2.99. The van der Waals surface area contributed by atoms with Gasteiger partial charge in [0.15, 0.2) is 0 Å². The first-order valence-electron chi connectivity index (χ1n) is 8.89. The topological polar surface area (TPSA) is 66.5 Å². The Hall–Kier alpha value is -1.89. The molecule has 0 radical (unpaired) electrons. The minimum absolute atomic E-state index is 0.0291. The van der Waals surface area contributed by atoms with Crippen LogP contribution < -0.4 is 5.32 Å². The molecule has 0 bridgehead atoms. The number of carbonyl (C=O) groups is 1. The van der Waals surface area contributed by atoms with Gasteiger partial charge < -0.3 is 5.32 Å². The number of anilines is 1. The van der Waals surface area contributed by atoms with Crippen LogP contribution in [-0.2, 0) is 20.2 Å². The van der Waals surface area contributed by atoms with E-state index in [-0.39, 0.29) is 15.8 Å². The predicted octanol–water partition coefficient (Wildman–Crippen LogP) is 4.04. The molecular formula is C20H23ClN2O3S. The van der Waals surface area contributed by atoms with Crippen molar-refractivity contribution in [3.63, 3.8) is 0 Å². The lowest BCUT2D eigenvalue weighted by Gasteiger charge is -2.24. The van der Waals surface area contributed by atoms with E-state index < -0.39 is 15.4 Å². The van der Waals surface area contributed by atoms with Gasteiger partial charge in [0, 0.05) is 18.8 Å². The van der Waals surface area contributed by atoms with E-state index in [9.17, 15) is 13.2 Å². The first-order valence-corrected chi connectivity index (χ1v) is 10.7. The van der Waals surface area contributed by atoms with Gasteiger partial charge in [-0.3, -0.25) is 4.79 Å². The lowest BCUT2D eigenvalue weighted by Crippen LogP contribution is -2.34. The number of amides is 1. The highest BCUT2D eigenvalue weighted by molar-refractivity contribution is 7.89. The summed E-state index contributed by atoms with van der Waals surface area (Å²) in [5.74, 6) is -0.222. The molecule has 2 aromatic carbocycles. The van der Waals surface area contributed by atoms with Crippen LogP contribution in [0.1, 0.15) is 32.3 Å². The van der Waals surface area contributed by atoms with Crippen molar-refractivity contribution in [2.75, 3.05) is 18.4 Å². The standard InChI is InChI=1S/C20H23ClN2O3S/c1-20(2,15-8-4-3-5-9-15)19(24)22-16-10-11-17(21)18(14-16)27(25,26)23-12-6-7-13-23/h3-5,8-11,14H,6-7,12-13H2,1-2H3,(H,22,24). The Balaban J connectivity index is 1.87. The first kappa shape index (κ1) is 19.9. The third kappa shape index (κ3) is 4.03. The molecule has 0 atom stereocenters. The largest absolute Gasteiger partial charge is 0.325 e. The highest BCUT2D eigenvalue weighted by Gasteiger charge is 2.32. The van der Waals surface area contributed by atoms with Crippen molar-refractivity contribution >= 4 is 33.2 Å². The molecule has 1 amide bonds. The zero-order valence-corrected chi connectivity index (χ0v) is 17.0. The molecule has 5 nitrogen and oxygen atoms in total. The number of benzene rings is 2. The smallest absolute Gasteiger partial charge is 0.244 e. The van der Waals surface area contributed by atoms with Gasteiger partial charge in [-0.05, 0) is 50.5 Å². The number of hydrogen-bond donors (Lipinski definition) is 1. The maximum absolute atomic E-state index is 12.8. The number of sulfonamides is 1. The molecule has 3 rings (SSSR count). The minimum Gasteiger partial charge on any atom is -0.325 e. The molecule has 0 aromatic heterocycles. The lowest BCUT2D eigenvalue weighted by atomic mass is 9.83. The van der Waals surface area contributed by atoms with E-state index in [1.165, 1.54) is 16.4 Å². The summed E-state index contributed by atoms with van der Waals surface area (Å²) >= 11 is 6.16. The predicted molar refractivity (Wildman–Crippen MR) is 108 cm³/mol. The number of rotatable bonds is 5. The fraction of sp³-hybridized carbons (Fsp3) is 0.350. The second kappa shape index (κ2) is 7.62. The second-order valence-corrected chi connectivity index (χ2v) is 9.52. The highest BCUT2D eigenvalue weighted by Crippen LogP contribution is 2.31. The van der Waals surface area contributed by atoms with E-state index in [1.54, 1.807) is 6.07 Å². The molecule has 1 heterocycles. The third-order valence-electron chi connectivity index (χ3n) is 4.94. The Kier molecular flexibility index (Phi) is 5.60. The van der Waals surface area contributed by atoms with Crippen LogP contribution in [0.2, 0.25) is 5.02 Å². The fourth-order valence-electron chi connectivity index (χ4n) is 3.12. The van der Waals surface area contributed by atoms with Crippen molar-refractivity contribution in [1.82, 2.24) is 4.31 Å². The first-order chi connectivity index (χ1) is 12.7. The summed E-state index contributed by atoms with van der Waals surface area (Å²) in [6.07, 6.45) is 1.69. The Morgan fingerprint density at radius 2 is 1.70 bits per heavy atom. The van der Waals surface area contributed by atoms with E-state index in [4.69, 9.17) is 11.6 Å². The Bertz CT molecular complexity index is 937. The number of hydrogen-bond acceptors (Lipinski definition) is 3. The van der Waals surface area contributed by atoms with Crippen LogP contribution in [0.15, 0.2) is 53.4 Å². The zero-order chi connectivity index (χ0) is 19.7. The Labute approximate surface area is 165 Å². The average molecular weight is 407 g/mol. The van der Waals surface area contributed by atoms with Gasteiger partial charge in [-0.25, -0.2) is 8.42 Å². The molecule has 1 aliphatic rings. The van der Waals surface area contributed by atoms with Crippen molar-refractivity contribution in [3.05, 3.63) is 59.1 Å². The summed E-state index contributed by atoms with van der Waals surface area (Å²) in [6, 6.07) is 14.0. The second-order valence-electron chi connectivity index (χ2n) is 7.20. The van der Waals surface area contributed by atoms with Crippen LogP contribution in [0.25, 0.3) is 0 Å². The molecule has 0 spiro atoms. The molecule has 2 aromatic rings. The summed E-state index contributed by atoms with van der Waals surface area (Å²) in [5.41, 5.74) is 0.516. The molecule has 1 fully saturated rings. The summed E-state index contributed by atoms with van der Waals surface area (Å²) in [4.78, 5) is 12.9. The number of nitrogens with one attached hydrogen (secondary N) is 1. The van der Waals surface area contributed by atoms with E-state index in [0.29, 0.717) is 18.8 Å². The lowest BCUT2D eigenvalue weighted by molar-refractivity contribution is -0.120. The van der Waals surface area contributed by atoms with Gasteiger partial charge in [-0.1, -0.05) is 41.9 Å². The van der Waals surface area contributed by atoms with Crippen molar-refractivity contribution < 1.29 is 13.2 Å². The van der Waals surface area contributed by atoms with Gasteiger partial charge in [0.1, 0.15) is 4.90 Å². The van der Waals surface area contributed by atoms with Crippen molar-refractivity contribution in [2.24, 2.45) is 0 Å². The summed E-state index contributed by atoms with van der Waals surface area (Å²) in [7, 11) is -3.67. The Morgan fingerprint density at radius 1 is 1.07 bits per heavy atom. The van der Waals surface area contributed by atoms with Crippen LogP contribution in [0, 0.1) is 0 Å². The zero-order valence-electron chi connectivity index (χ0n) is 15.4. The Morgan fingerprint density at radius 3 is 2.33 bits per heavy atom. The number of halogens is 1. The SMILES string of the molecule is CC(C)(C(=O)Nc1ccc(Cl)c(S(=O)(=O)N2CCCC2)c1)c1ccccc1. The van der Waals surface area contributed by atoms with E-state index >= 15 is 0 Å². The van der Waals surface area contributed by atoms with Gasteiger partial charge >= 0.3 is 0 Å². The monoisotopic (exact) mass is 406 g/mol. The average Bonchev–Trinajstić information content (AvgIpc) is 3.19.